The second-order valence-electron chi connectivity index (χ2n) is 6.04. The van der Waals surface area contributed by atoms with Crippen LogP contribution >= 0.6 is 0 Å². The molecule has 6 nitrogen and oxygen atoms in total. The number of hydrogen-bond donors (Lipinski definition) is 3. The van der Waals surface area contributed by atoms with Crippen molar-refractivity contribution in [3.63, 3.8) is 0 Å². The summed E-state index contributed by atoms with van der Waals surface area (Å²) in [5, 5.41) is 15.2. The number of carbonyl (C=O) groups excluding carboxylic acids is 2. The Kier molecular flexibility index (Phi) is 5.99. The highest BCUT2D eigenvalue weighted by atomic mass is 16.5. The van der Waals surface area contributed by atoms with Crippen molar-refractivity contribution in [1.82, 2.24) is 10.6 Å². The number of aliphatic hydroxyl groups is 1. The minimum Gasteiger partial charge on any atom is -0.394 e. The van der Waals surface area contributed by atoms with Gasteiger partial charge in [-0.15, -0.1) is 0 Å². The Hall–Kier alpha value is -1.14. The lowest BCUT2D eigenvalue weighted by atomic mass is 9.97. The van der Waals surface area contributed by atoms with E-state index in [0.29, 0.717) is 18.8 Å². The summed E-state index contributed by atoms with van der Waals surface area (Å²) in [6.45, 7) is 2.42. The molecule has 21 heavy (non-hydrogen) atoms. The topological polar surface area (TPSA) is 87.7 Å². The second-order valence-corrected chi connectivity index (χ2v) is 6.04. The molecule has 1 aliphatic heterocycles. The number of hydrogen-bond acceptors (Lipinski definition) is 4. The Morgan fingerprint density at radius 3 is 2.57 bits per heavy atom. The molecular weight excluding hydrogens is 272 g/mol. The molecule has 0 radical (unpaired) electrons. The normalized spacial score (nSPS) is 29.0. The van der Waals surface area contributed by atoms with Gasteiger partial charge in [-0.1, -0.05) is 6.92 Å². The number of ether oxygens (including phenoxy) is 1. The van der Waals surface area contributed by atoms with E-state index < -0.39 is 6.10 Å². The van der Waals surface area contributed by atoms with E-state index in [0.717, 1.165) is 19.4 Å². The molecule has 0 spiro atoms. The van der Waals surface area contributed by atoms with Gasteiger partial charge < -0.3 is 20.5 Å². The van der Waals surface area contributed by atoms with Gasteiger partial charge in [0.05, 0.1) is 25.2 Å². The SMILES string of the molecule is CCC(=O)N[C@H]1CC[C@@H](CC(=O)NCC2CC2)O[C@@H]1CO. The van der Waals surface area contributed by atoms with E-state index in [1.54, 1.807) is 6.92 Å². The summed E-state index contributed by atoms with van der Waals surface area (Å²) in [6.07, 6.45) is 4.04. The molecule has 0 bridgehead atoms. The third-order valence-corrected chi connectivity index (χ3v) is 4.16. The van der Waals surface area contributed by atoms with Crippen molar-refractivity contribution in [1.29, 1.82) is 0 Å². The number of amides is 2. The predicted molar refractivity (Wildman–Crippen MR) is 77.6 cm³/mol. The fourth-order valence-electron chi connectivity index (χ4n) is 2.61. The van der Waals surface area contributed by atoms with E-state index in [9.17, 15) is 14.7 Å². The maximum Gasteiger partial charge on any atom is 0.222 e. The summed E-state index contributed by atoms with van der Waals surface area (Å²) in [6, 6.07) is -0.159. The lowest BCUT2D eigenvalue weighted by Crippen LogP contribution is -2.51. The third-order valence-electron chi connectivity index (χ3n) is 4.16. The summed E-state index contributed by atoms with van der Waals surface area (Å²) in [5.41, 5.74) is 0. The number of aliphatic hydroxyl groups excluding tert-OH is 1. The fourth-order valence-corrected chi connectivity index (χ4v) is 2.61. The van der Waals surface area contributed by atoms with Crippen LogP contribution in [0.1, 0.15) is 45.4 Å². The molecule has 2 aliphatic rings. The van der Waals surface area contributed by atoms with E-state index in [2.05, 4.69) is 10.6 Å². The van der Waals surface area contributed by atoms with Crippen LogP contribution in [-0.2, 0) is 14.3 Å². The predicted octanol–water partition coefficient (Wildman–Crippen LogP) is 0.337. The van der Waals surface area contributed by atoms with Gasteiger partial charge in [0.15, 0.2) is 0 Å². The van der Waals surface area contributed by atoms with Crippen LogP contribution in [0.3, 0.4) is 0 Å². The van der Waals surface area contributed by atoms with E-state index >= 15 is 0 Å². The first-order valence-electron chi connectivity index (χ1n) is 7.94. The molecule has 1 saturated carbocycles. The molecule has 3 atom stereocenters. The largest absolute Gasteiger partial charge is 0.394 e. The van der Waals surface area contributed by atoms with Crippen LogP contribution in [0.15, 0.2) is 0 Å². The average Bonchev–Trinajstić information content (AvgIpc) is 3.30. The summed E-state index contributed by atoms with van der Waals surface area (Å²) in [4.78, 5) is 23.3. The van der Waals surface area contributed by atoms with Crippen molar-refractivity contribution in [3.8, 4) is 0 Å². The Bertz CT molecular complexity index is 371. The highest BCUT2D eigenvalue weighted by Crippen LogP contribution is 2.27. The maximum atomic E-state index is 11.8. The fraction of sp³-hybridized carbons (Fsp3) is 0.867. The monoisotopic (exact) mass is 298 g/mol. The van der Waals surface area contributed by atoms with Crippen LogP contribution in [0.5, 0.6) is 0 Å². The van der Waals surface area contributed by atoms with E-state index in [-0.39, 0.29) is 30.6 Å². The summed E-state index contributed by atoms with van der Waals surface area (Å²) < 4.78 is 5.76. The summed E-state index contributed by atoms with van der Waals surface area (Å²) in [5.74, 6) is 0.641. The first-order valence-corrected chi connectivity index (χ1v) is 7.94. The first kappa shape index (κ1) is 16.2. The molecule has 1 saturated heterocycles. The smallest absolute Gasteiger partial charge is 0.222 e. The van der Waals surface area contributed by atoms with Crippen LogP contribution in [0.4, 0.5) is 0 Å². The standard InChI is InChI=1S/C15H26N2O4/c1-2-14(19)17-12-6-5-11(21-13(12)9-18)7-15(20)16-8-10-3-4-10/h10-13,18H,2-9H2,1H3,(H,16,20)(H,17,19)/t11-,12-,13+/m0/s1. The number of carbonyl (C=O) groups is 2. The molecule has 0 aromatic carbocycles. The molecule has 3 N–H and O–H groups in total. The zero-order valence-corrected chi connectivity index (χ0v) is 12.6. The molecule has 2 fully saturated rings. The summed E-state index contributed by atoms with van der Waals surface area (Å²) in [7, 11) is 0. The first-order chi connectivity index (χ1) is 10.1. The minimum absolute atomic E-state index is 0.0135. The lowest BCUT2D eigenvalue weighted by molar-refractivity contribution is -0.135. The van der Waals surface area contributed by atoms with Gasteiger partial charge in [0.25, 0.3) is 0 Å². The summed E-state index contributed by atoms with van der Waals surface area (Å²) >= 11 is 0. The highest BCUT2D eigenvalue weighted by Gasteiger charge is 2.32. The van der Waals surface area contributed by atoms with Crippen LogP contribution in [0.25, 0.3) is 0 Å². The van der Waals surface area contributed by atoms with E-state index in [1.165, 1.54) is 12.8 Å². The van der Waals surface area contributed by atoms with Crippen molar-refractivity contribution in [2.45, 2.75) is 63.7 Å². The van der Waals surface area contributed by atoms with Gasteiger partial charge in [0, 0.05) is 13.0 Å². The molecule has 1 heterocycles. The molecule has 2 rings (SSSR count). The van der Waals surface area contributed by atoms with Crippen LogP contribution < -0.4 is 10.6 Å². The maximum absolute atomic E-state index is 11.8. The van der Waals surface area contributed by atoms with Gasteiger partial charge in [0.2, 0.25) is 11.8 Å². The molecule has 0 aromatic rings. The van der Waals surface area contributed by atoms with Crippen LogP contribution in [0.2, 0.25) is 0 Å². The molecule has 120 valence electrons. The number of nitrogens with one attached hydrogen (secondary N) is 2. The zero-order valence-electron chi connectivity index (χ0n) is 12.6. The van der Waals surface area contributed by atoms with Gasteiger partial charge in [0.1, 0.15) is 6.10 Å². The van der Waals surface area contributed by atoms with Crippen molar-refractivity contribution in [3.05, 3.63) is 0 Å². The minimum atomic E-state index is -0.421. The van der Waals surface area contributed by atoms with Crippen LogP contribution in [-0.4, -0.2) is 48.3 Å². The van der Waals surface area contributed by atoms with Gasteiger partial charge >= 0.3 is 0 Å². The molecule has 0 aromatic heterocycles. The van der Waals surface area contributed by atoms with Crippen molar-refractivity contribution < 1.29 is 19.4 Å². The van der Waals surface area contributed by atoms with Gasteiger partial charge in [-0.05, 0) is 31.6 Å². The molecular formula is C15H26N2O4. The quantitative estimate of drug-likeness (QED) is 0.632. The Balaban J connectivity index is 1.73. The highest BCUT2D eigenvalue weighted by molar-refractivity contribution is 5.76. The Labute approximate surface area is 125 Å². The second kappa shape index (κ2) is 7.75. The average molecular weight is 298 g/mol. The lowest BCUT2D eigenvalue weighted by Gasteiger charge is -2.36. The van der Waals surface area contributed by atoms with Crippen molar-refractivity contribution >= 4 is 11.8 Å². The molecule has 1 aliphatic carbocycles. The van der Waals surface area contributed by atoms with Crippen molar-refractivity contribution in [2.24, 2.45) is 5.92 Å². The van der Waals surface area contributed by atoms with Gasteiger partial charge in [-0.3, -0.25) is 9.59 Å². The number of rotatable bonds is 7. The van der Waals surface area contributed by atoms with E-state index in [1.807, 2.05) is 0 Å². The van der Waals surface area contributed by atoms with E-state index in [4.69, 9.17) is 4.74 Å². The van der Waals surface area contributed by atoms with Crippen LogP contribution in [0, 0.1) is 5.92 Å². The molecule has 0 unspecified atom stereocenters. The third kappa shape index (κ3) is 5.28. The molecule has 6 heteroatoms. The Morgan fingerprint density at radius 2 is 1.95 bits per heavy atom. The zero-order chi connectivity index (χ0) is 15.2. The van der Waals surface area contributed by atoms with Gasteiger partial charge in [-0.2, -0.15) is 0 Å². The molecule has 2 amide bonds. The Morgan fingerprint density at radius 1 is 1.19 bits per heavy atom. The van der Waals surface area contributed by atoms with Gasteiger partial charge in [-0.25, -0.2) is 0 Å². The van der Waals surface area contributed by atoms with Crippen molar-refractivity contribution in [2.75, 3.05) is 13.2 Å².